The van der Waals surface area contributed by atoms with Gasteiger partial charge in [0.2, 0.25) is 0 Å². The van der Waals surface area contributed by atoms with E-state index >= 15 is 0 Å². The third kappa shape index (κ3) is 3.84. The van der Waals surface area contributed by atoms with E-state index in [1.165, 1.54) is 0 Å². The van der Waals surface area contributed by atoms with Gasteiger partial charge in [0.05, 0.1) is 9.82 Å². The van der Waals surface area contributed by atoms with Crippen molar-refractivity contribution >= 4 is 21.2 Å². The van der Waals surface area contributed by atoms with Crippen molar-refractivity contribution in [2.24, 2.45) is 0 Å². The number of nitro groups is 1. The van der Waals surface area contributed by atoms with Crippen LogP contribution in [-0.2, 0) is 9.84 Å². The minimum Gasteiger partial charge on any atom is -0.375 e. The fraction of sp³-hybridized carbons (Fsp3) is 0.455. The highest BCUT2D eigenvalue weighted by Crippen LogP contribution is 2.35. The van der Waals surface area contributed by atoms with E-state index in [0.29, 0.717) is 12.1 Å². The van der Waals surface area contributed by atoms with Gasteiger partial charge >= 0.3 is 5.51 Å². The van der Waals surface area contributed by atoms with Gasteiger partial charge < -0.3 is 5.32 Å². The van der Waals surface area contributed by atoms with Crippen LogP contribution in [0.2, 0.25) is 0 Å². The summed E-state index contributed by atoms with van der Waals surface area (Å²) in [4.78, 5) is 8.82. The number of alkyl halides is 3. The molecule has 0 aliphatic carbocycles. The quantitative estimate of drug-likeness (QED) is 0.681. The van der Waals surface area contributed by atoms with E-state index in [4.69, 9.17) is 0 Å². The molecule has 1 rings (SSSR count). The maximum absolute atomic E-state index is 12.5. The van der Waals surface area contributed by atoms with Gasteiger partial charge in [0.25, 0.3) is 15.5 Å². The number of hydrogen-bond acceptors (Lipinski definition) is 5. The summed E-state index contributed by atoms with van der Waals surface area (Å²) < 4.78 is 59.9. The van der Waals surface area contributed by atoms with Gasteiger partial charge in [-0.25, -0.2) is 8.42 Å². The Balaban J connectivity index is 3.45. The number of nitrogens with zero attached hydrogens (tertiary/aromatic N) is 1. The molecule has 0 radical (unpaired) electrons. The van der Waals surface area contributed by atoms with Crippen LogP contribution >= 0.6 is 0 Å². The van der Waals surface area contributed by atoms with Gasteiger partial charge in [-0.2, -0.15) is 13.2 Å². The summed E-state index contributed by atoms with van der Waals surface area (Å²) in [5, 5.41) is 13.7. The van der Waals surface area contributed by atoms with Crippen LogP contribution in [0, 0.1) is 10.1 Å². The molecular weight excluding hydrogens is 313 g/mol. The van der Waals surface area contributed by atoms with Gasteiger partial charge in [0.1, 0.15) is 5.69 Å². The van der Waals surface area contributed by atoms with Crippen LogP contribution in [0.3, 0.4) is 0 Å². The van der Waals surface area contributed by atoms with Crippen molar-refractivity contribution in [3.8, 4) is 0 Å². The zero-order valence-electron chi connectivity index (χ0n) is 11.4. The second-order valence-electron chi connectivity index (χ2n) is 5.26. The van der Waals surface area contributed by atoms with E-state index < -0.39 is 36.4 Å². The van der Waals surface area contributed by atoms with Crippen molar-refractivity contribution in [1.29, 1.82) is 0 Å². The van der Waals surface area contributed by atoms with Gasteiger partial charge in [-0.3, -0.25) is 10.1 Å². The molecule has 21 heavy (non-hydrogen) atoms. The lowest BCUT2D eigenvalue weighted by Crippen LogP contribution is -2.27. The number of nitrogens with one attached hydrogen (secondary N) is 1. The SMILES string of the molecule is CC(C)(C)Nc1ccc(S(=O)(=O)C(F)(F)F)cc1[N+](=O)[O-]. The lowest BCUT2D eigenvalue weighted by molar-refractivity contribution is -0.384. The summed E-state index contributed by atoms with van der Waals surface area (Å²) in [5.74, 6) is 0. The first kappa shape index (κ1) is 17.2. The van der Waals surface area contributed by atoms with E-state index in [2.05, 4.69) is 5.32 Å². The topological polar surface area (TPSA) is 89.3 Å². The van der Waals surface area contributed by atoms with E-state index in [-0.39, 0.29) is 5.69 Å². The Kier molecular flexibility index (Phi) is 4.24. The molecule has 0 aliphatic rings. The second kappa shape index (κ2) is 5.17. The molecule has 118 valence electrons. The number of benzene rings is 1. The predicted molar refractivity (Wildman–Crippen MR) is 69.7 cm³/mol. The molecule has 0 spiro atoms. The van der Waals surface area contributed by atoms with Crippen molar-refractivity contribution < 1.29 is 26.5 Å². The molecule has 0 heterocycles. The molecule has 0 aromatic heterocycles. The standard InChI is InChI=1S/C11H13F3N2O4S/c1-10(2,3)15-8-5-4-7(6-9(8)16(17)18)21(19,20)11(12,13)14/h4-6,15H,1-3H3. The van der Waals surface area contributed by atoms with Crippen LogP contribution in [0.5, 0.6) is 0 Å². The first-order chi connectivity index (χ1) is 9.25. The molecule has 0 fully saturated rings. The number of halogens is 3. The molecule has 1 aromatic carbocycles. The van der Waals surface area contributed by atoms with E-state index in [1.54, 1.807) is 20.8 Å². The molecule has 1 N–H and O–H groups in total. The molecule has 0 saturated carbocycles. The molecule has 10 heteroatoms. The van der Waals surface area contributed by atoms with Crippen molar-refractivity contribution in [1.82, 2.24) is 0 Å². The van der Waals surface area contributed by atoms with Gasteiger partial charge in [-0.05, 0) is 32.9 Å². The summed E-state index contributed by atoms with van der Waals surface area (Å²) in [5.41, 5.74) is -6.90. The van der Waals surface area contributed by atoms with Crippen LogP contribution in [0.15, 0.2) is 23.1 Å². The van der Waals surface area contributed by atoms with E-state index in [9.17, 15) is 31.7 Å². The fourth-order valence-electron chi connectivity index (χ4n) is 1.47. The van der Waals surface area contributed by atoms with Crippen molar-refractivity contribution in [2.45, 2.75) is 36.7 Å². The molecule has 1 aromatic rings. The maximum Gasteiger partial charge on any atom is 0.501 e. The monoisotopic (exact) mass is 326 g/mol. The van der Waals surface area contributed by atoms with Crippen molar-refractivity contribution in [2.75, 3.05) is 5.32 Å². The Hall–Kier alpha value is -1.84. The number of nitro benzene ring substituents is 1. The average Bonchev–Trinajstić information content (AvgIpc) is 2.25. The predicted octanol–water partition coefficient (Wildman–Crippen LogP) is 3.10. The average molecular weight is 326 g/mol. The lowest BCUT2D eigenvalue weighted by atomic mass is 10.1. The molecule has 0 atom stereocenters. The minimum absolute atomic E-state index is 0.0615. The van der Waals surface area contributed by atoms with Crippen LogP contribution in [0.4, 0.5) is 24.5 Å². The van der Waals surface area contributed by atoms with E-state index in [0.717, 1.165) is 6.07 Å². The zero-order valence-corrected chi connectivity index (χ0v) is 12.2. The Morgan fingerprint density at radius 3 is 2.10 bits per heavy atom. The van der Waals surface area contributed by atoms with Crippen LogP contribution in [0.25, 0.3) is 0 Å². The van der Waals surface area contributed by atoms with E-state index in [1.807, 2.05) is 0 Å². The van der Waals surface area contributed by atoms with Crippen molar-refractivity contribution in [3.63, 3.8) is 0 Å². The minimum atomic E-state index is -5.63. The Bertz CT molecular complexity index is 663. The smallest absolute Gasteiger partial charge is 0.375 e. The van der Waals surface area contributed by atoms with Crippen molar-refractivity contribution in [3.05, 3.63) is 28.3 Å². The number of anilines is 1. The number of hydrogen-bond donors (Lipinski definition) is 1. The molecular formula is C11H13F3N2O4S. The molecule has 0 unspecified atom stereocenters. The first-order valence-electron chi connectivity index (χ1n) is 5.64. The lowest BCUT2D eigenvalue weighted by Gasteiger charge is -2.22. The van der Waals surface area contributed by atoms with Crippen LogP contribution < -0.4 is 5.32 Å². The van der Waals surface area contributed by atoms with Gasteiger partial charge in [-0.1, -0.05) is 0 Å². The number of rotatable bonds is 3. The van der Waals surface area contributed by atoms with Crippen LogP contribution in [-0.4, -0.2) is 24.4 Å². The third-order valence-corrected chi connectivity index (χ3v) is 3.77. The molecule has 0 saturated heterocycles. The number of sulfone groups is 1. The van der Waals surface area contributed by atoms with Gasteiger partial charge in [-0.15, -0.1) is 0 Å². The van der Waals surface area contributed by atoms with Crippen LogP contribution in [0.1, 0.15) is 20.8 Å². The maximum atomic E-state index is 12.5. The first-order valence-corrected chi connectivity index (χ1v) is 7.12. The second-order valence-corrected chi connectivity index (χ2v) is 7.20. The summed E-state index contributed by atoms with van der Waals surface area (Å²) >= 11 is 0. The molecule has 0 bridgehead atoms. The summed E-state index contributed by atoms with van der Waals surface area (Å²) in [6, 6.07) is 2.03. The summed E-state index contributed by atoms with van der Waals surface area (Å²) in [7, 11) is -5.63. The molecule has 0 aliphatic heterocycles. The fourth-order valence-corrected chi connectivity index (χ4v) is 2.25. The highest BCUT2D eigenvalue weighted by molar-refractivity contribution is 7.92. The Labute approximate surface area is 119 Å². The highest BCUT2D eigenvalue weighted by Gasteiger charge is 2.47. The zero-order chi connectivity index (χ0) is 16.6. The third-order valence-electron chi connectivity index (χ3n) is 2.29. The normalized spacial score (nSPS) is 13.0. The Morgan fingerprint density at radius 1 is 1.19 bits per heavy atom. The molecule has 6 nitrogen and oxygen atoms in total. The Morgan fingerprint density at radius 2 is 1.71 bits per heavy atom. The summed E-state index contributed by atoms with van der Waals surface area (Å²) in [6.45, 7) is 5.07. The largest absolute Gasteiger partial charge is 0.501 e. The van der Waals surface area contributed by atoms with Gasteiger partial charge in [0, 0.05) is 11.6 Å². The van der Waals surface area contributed by atoms with Gasteiger partial charge in [0.15, 0.2) is 0 Å². The molecule has 0 amide bonds. The highest BCUT2D eigenvalue weighted by atomic mass is 32.2. The summed E-state index contributed by atoms with van der Waals surface area (Å²) in [6.07, 6.45) is 0.